The Morgan fingerprint density at radius 1 is 1.60 bits per heavy atom. The summed E-state index contributed by atoms with van der Waals surface area (Å²) in [6, 6.07) is 0. The van der Waals surface area contributed by atoms with Crippen LogP contribution in [-0.2, 0) is 9.63 Å². The summed E-state index contributed by atoms with van der Waals surface area (Å²) in [6.07, 6.45) is 0.872. The fraction of sp³-hybridized carbons (Fsp3) is 0.875. The zero-order chi connectivity index (χ0) is 11.9. The molecule has 7 heteroatoms. The number of amides is 1. The summed E-state index contributed by atoms with van der Waals surface area (Å²) in [4.78, 5) is 24.9. The van der Waals surface area contributed by atoms with Gasteiger partial charge in [0.15, 0.2) is 0 Å². The molecule has 0 saturated carbocycles. The average molecular weight is 219 g/mol. The fourth-order valence-electron chi connectivity index (χ4n) is 0.835. The first-order chi connectivity index (χ1) is 6.81. The molecule has 0 aromatic rings. The maximum absolute atomic E-state index is 11.1. The second-order valence-corrected chi connectivity index (χ2v) is 3.90. The van der Waals surface area contributed by atoms with Crippen LogP contribution in [0.15, 0.2) is 0 Å². The molecule has 0 fully saturated rings. The third kappa shape index (κ3) is 10.6. The van der Waals surface area contributed by atoms with E-state index in [9.17, 15) is 14.9 Å². The third-order valence-electron chi connectivity index (χ3n) is 1.62. The summed E-state index contributed by atoms with van der Waals surface area (Å²) in [5, 5.41) is 11.3. The van der Waals surface area contributed by atoms with Crippen LogP contribution in [-0.4, -0.2) is 29.7 Å². The first-order valence-corrected chi connectivity index (χ1v) is 4.64. The number of rotatable bonds is 7. The van der Waals surface area contributed by atoms with Gasteiger partial charge in [-0.1, -0.05) is 0 Å². The molecular weight excluding hydrogens is 202 g/mol. The average Bonchev–Trinajstić information content (AvgIpc) is 2.07. The van der Waals surface area contributed by atoms with Gasteiger partial charge in [0.1, 0.15) is 6.61 Å². The molecule has 15 heavy (non-hydrogen) atoms. The standard InChI is InChI=1S/C8H17N3O4/c1-8(2,9)4-3-7(12)10-5-6-15-11(13)14/h3-6,9H2,1-2H3,(H,10,12). The van der Waals surface area contributed by atoms with E-state index in [0.717, 1.165) is 0 Å². The van der Waals surface area contributed by atoms with E-state index in [4.69, 9.17) is 5.73 Å². The lowest BCUT2D eigenvalue weighted by Gasteiger charge is -2.17. The van der Waals surface area contributed by atoms with Crippen LogP contribution in [0, 0.1) is 10.1 Å². The van der Waals surface area contributed by atoms with E-state index in [0.29, 0.717) is 12.8 Å². The molecule has 0 atom stereocenters. The van der Waals surface area contributed by atoms with E-state index in [1.54, 1.807) is 0 Å². The minimum atomic E-state index is -0.894. The summed E-state index contributed by atoms with van der Waals surface area (Å²) in [5.41, 5.74) is 5.30. The second kappa shape index (κ2) is 6.18. The fourth-order valence-corrected chi connectivity index (χ4v) is 0.835. The van der Waals surface area contributed by atoms with Crippen LogP contribution in [0.1, 0.15) is 26.7 Å². The van der Waals surface area contributed by atoms with Gasteiger partial charge in [-0.25, -0.2) is 0 Å². The summed E-state index contributed by atoms with van der Waals surface area (Å²) in [7, 11) is 0. The quantitative estimate of drug-likeness (QED) is 0.351. The summed E-state index contributed by atoms with van der Waals surface area (Å²) < 4.78 is 0. The molecule has 0 unspecified atom stereocenters. The number of hydrogen-bond acceptors (Lipinski definition) is 5. The Labute approximate surface area is 88.1 Å². The summed E-state index contributed by atoms with van der Waals surface area (Å²) in [5.74, 6) is -0.180. The van der Waals surface area contributed by atoms with Crippen molar-refractivity contribution in [1.29, 1.82) is 0 Å². The monoisotopic (exact) mass is 219 g/mol. The Hall–Kier alpha value is -1.37. The molecule has 0 aliphatic heterocycles. The van der Waals surface area contributed by atoms with Crippen molar-refractivity contribution in [1.82, 2.24) is 5.32 Å². The lowest BCUT2D eigenvalue weighted by molar-refractivity contribution is -0.757. The Bertz CT molecular complexity index is 224. The molecule has 0 saturated heterocycles. The first kappa shape index (κ1) is 13.6. The number of carbonyl (C=O) groups excluding carboxylic acids is 1. The molecule has 7 nitrogen and oxygen atoms in total. The van der Waals surface area contributed by atoms with Gasteiger partial charge in [0.2, 0.25) is 5.91 Å². The van der Waals surface area contributed by atoms with E-state index >= 15 is 0 Å². The van der Waals surface area contributed by atoms with Gasteiger partial charge in [-0.2, -0.15) is 0 Å². The SMILES string of the molecule is CC(C)(N)CCC(=O)NCCO[N+](=O)[O-]. The van der Waals surface area contributed by atoms with E-state index in [1.165, 1.54) is 0 Å². The van der Waals surface area contributed by atoms with Crippen molar-refractivity contribution >= 4 is 5.91 Å². The van der Waals surface area contributed by atoms with Gasteiger partial charge in [-0.3, -0.25) is 4.79 Å². The van der Waals surface area contributed by atoms with Crippen LogP contribution in [0.5, 0.6) is 0 Å². The predicted molar refractivity (Wildman–Crippen MR) is 53.5 cm³/mol. The molecule has 0 bridgehead atoms. The molecule has 0 radical (unpaired) electrons. The molecule has 0 aromatic heterocycles. The summed E-state index contributed by atoms with van der Waals surface area (Å²) in [6.45, 7) is 3.65. The predicted octanol–water partition coefficient (Wildman–Crippen LogP) is -0.172. The van der Waals surface area contributed by atoms with Crippen molar-refractivity contribution in [2.75, 3.05) is 13.2 Å². The Balaban J connectivity index is 3.46. The van der Waals surface area contributed by atoms with Gasteiger partial charge in [-0.15, -0.1) is 10.1 Å². The number of nitrogens with zero attached hydrogens (tertiary/aromatic N) is 1. The minimum absolute atomic E-state index is 0.130. The highest BCUT2D eigenvalue weighted by atomic mass is 16.9. The van der Waals surface area contributed by atoms with Crippen molar-refractivity contribution in [2.45, 2.75) is 32.2 Å². The molecule has 0 aromatic carbocycles. The molecule has 3 N–H and O–H groups in total. The van der Waals surface area contributed by atoms with E-state index in [2.05, 4.69) is 10.2 Å². The molecule has 0 aliphatic carbocycles. The Morgan fingerprint density at radius 2 is 2.20 bits per heavy atom. The van der Waals surface area contributed by atoms with Crippen molar-refractivity contribution in [3.05, 3.63) is 10.1 Å². The number of hydrogen-bond donors (Lipinski definition) is 2. The van der Waals surface area contributed by atoms with Crippen molar-refractivity contribution in [3.63, 3.8) is 0 Å². The van der Waals surface area contributed by atoms with E-state index < -0.39 is 5.09 Å². The second-order valence-electron chi connectivity index (χ2n) is 3.90. The molecule has 1 amide bonds. The normalized spacial score (nSPS) is 10.9. The number of carbonyl (C=O) groups is 1. The van der Waals surface area contributed by atoms with Gasteiger partial charge >= 0.3 is 0 Å². The highest BCUT2D eigenvalue weighted by molar-refractivity contribution is 5.75. The molecule has 0 spiro atoms. The molecule has 0 heterocycles. The third-order valence-corrected chi connectivity index (χ3v) is 1.62. The van der Waals surface area contributed by atoms with Crippen molar-refractivity contribution in [3.8, 4) is 0 Å². The van der Waals surface area contributed by atoms with Gasteiger partial charge in [0.05, 0.1) is 0 Å². The van der Waals surface area contributed by atoms with Crippen LogP contribution in [0.3, 0.4) is 0 Å². The summed E-state index contributed by atoms with van der Waals surface area (Å²) >= 11 is 0. The lowest BCUT2D eigenvalue weighted by atomic mass is 10.00. The van der Waals surface area contributed by atoms with Crippen LogP contribution in [0.4, 0.5) is 0 Å². The first-order valence-electron chi connectivity index (χ1n) is 4.64. The smallest absolute Gasteiger partial charge is 0.294 e. The van der Waals surface area contributed by atoms with Gasteiger partial charge in [0.25, 0.3) is 5.09 Å². The van der Waals surface area contributed by atoms with E-state index in [1.807, 2.05) is 13.8 Å². The molecule has 0 rings (SSSR count). The maximum Gasteiger partial charge on any atom is 0.294 e. The minimum Gasteiger partial charge on any atom is -0.354 e. The lowest BCUT2D eigenvalue weighted by Crippen LogP contribution is -2.35. The van der Waals surface area contributed by atoms with Gasteiger partial charge < -0.3 is 15.9 Å². The number of nitrogens with one attached hydrogen (secondary N) is 1. The van der Waals surface area contributed by atoms with Crippen LogP contribution in [0.25, 0.3) is 0 Å². The zero-order valence-electron chi connectivity index (χ0n) is 8.99. The largest absolute Gasteiger partial charge is 0.354 e. The Kier molecular flexibility index (Phi) is 5.61. The number of nitrogens with two attached hydrogens (primary N) is 1. The van der Waals surface area contributed by atoms with Crippen molar-refractivity contribution in [2.24, 2.45) is 5.73 Å². The van der Waals surface area contributed by atoms with Crippen LogP contribution >= 0.6 is 0 Å². The topological polar surface area (TPSA) is 107 Å². The zero-order valence-corrected chi connectivity index (χ0v) is 8.99. The van der Waals surface area contributed by atoms with Crippen LogP contribution in [0.2, 0.25) is 0 Å². The molecular formula is C8H17N3O4. The highest BCUT2D eigenvalue weighted by Gasteiger charge is 2.12. The van der Waals surface area contributed by atoms with Gasteiger partial charge in [0, 0.05) is 18.5 Å². The highest BCUT2D eigenvalue weighted by Crippen LogP contribution is 2.06. The van der Waals surface area contributed by atoms with Gasteiger partial charge in [-0.05, 0) is 20.3 Å². The molecule has 88 valence electrons. The van der Waals surface area contributed by atoms with Crippen LogP contribution < -0.4 is 11.1 Å². The Morgan fingerprint density at radius 3 is 2.67 bits per heavy atom. The van der Waals surface area contributed by atoms with Crippen molar-refractivity contribution < 1.29 is 14.7 Å². The van der Waals surface area contributed by atoms with E-state index in [-0.39, 0.29) is 24.6 Å². The molecule has 0 aliphatic rings. The maximum atomic E-state index is 11.1.